The summed E-state index contributed by atoms with van der Waals surface area (Å²) in [6, 6.07) is 8.42. The van der Waals surface area contributed by atoms with Crippen molar-refractivity contribution in [2.45, 2.75) is 115 Å². The number of unbranched alkanes of at least 4 members (excludes halogenated alkanes) is 10. The van der Waals surface area contributed by atoms with Gasteiger partial charge in [0.05, 0.1) is 0 Å². The highest BCUT2D eigenvalue weighted by atomic mass is 16.2. The van der Waals surface area contributed by atoms with Gasteiger partial charge >= 0.3 is 0 Å². The number of carbonyl (C=O) groups excluding carboxylic acids is 3. The molecule has 1 aromatic rings. The zero-order chi connectivity index (χ0) is 26.7. The Morgan fingerprint density at radius 3 is 2.19 bits per heavy atom. The van der Waals surface area contributed by atoms with Gasteiger partial charge in [0, 0.05) is 32.5 Å². The molecule has 1 aliphatic heterocycles. The highest BCUT2D eigenvalue weighted by Crippen LogP contribution is 2.20. The zero-order valence-corrected chi connectivity index (χ0v) is 23.0. The first kappa shape index (κ1) is 30.8. The molecule has 1 fully saturated rings. The van der Waals surface area contributed by atoms with Crippen molar-refractivity contribution in [1.82, 2.24) is 15.5 Å². The van der Waals surface area contributed by atoms with Gasteiger partial charge in [-0.2, -0.15) is 0 Å². The fourth-order valence-corrected chi connectivity index (χ4v) is 5.07. The van der Waals surface area contributed by atoms with Gasteiger partial charge in [-0.05, 0) is 24.8 Å². The molecule has 2 atom stereocenters. The van der Waals surface area contributed by atoms with E-state index in [0.717, 1.165) is 24.8 Å². The van der Waals surface area contributed by atoms with Crippen LogP contribution in [0.15, 0.2) is 30.3 Å². The number of nitrogens with two attached hydrogens (primary N) is 1. The normalized spacial score (nSPS) is 15.9. The fourth-order valence-electron chi connectivity index (χ4n) is 5.07. The third kappa shape index (κ3) is 12.1. The van der Waals surface area contributed by atoms with E-state index >= 15 is 0 Å². The highest BCUT2D eigenvalue weighted by molar-refractivity contribution is 5.92. The zero-order valence-electron chi connectivity index (χ0n) is 23.0. The second kappa shape index (κ2) is 18.8. The minimum atomic E-state index is -0.703. The lowest BCUT2D eigenvalue weighted by atomic mass is 10.0. The maximum atomic E-state index is 13.2. The van der Waals surface area contributed by atoms with Crippen LogP contribution in [0, 0.1) is 0 Å². The van der Waals surface area contributed by atoms with Crippen molar-refractivity contribution in [3.05, 3.63) is 35.9 Å². The Hall–Kier alpha value is -2.41. The second-order valence-corrected chi connectivity index (χ2v) is 10.4. The van der Waals surface area contributed by atoms with Gasteiger partial charge in [-0.15, -0.1) is 0 Å². The van der Waals surface area contributed by atoms with Crippen LogP contribution in [-0.2, 0) is 20.8 Å². The summed E-state index contributed by atoms with van der Waals surface area (Å²) in [7, 11) is 0. The van der Waals surface area contributed by atoms with Crippen LogP contribution in [0.4, 0.5) is 0 Å². The molecule has 3 amide bonds. The first-order chi connectivity index (χ1) is 18.1. The first-order valence-electron chi connectivity index (χ1n) is 14.7. The maximum absolute atomic E-state index is 13.2. The predicted molar refractivity (Wildman–Crippen MR) is 150 cm³/mol. The fraction of sp³-hybridized carbons (Fsp3) is 0.700. The topological polar surface area (TPSA) is 105 Å². The number of hydrogen-bond donors (Lipinski definition) is 3. The summed E-state index contributed by atoms with van der Waals surface area (Å²) < 4.78 is 0. The van der Waals surface area contributed by atoms with Gasteiger partial charge in [0.2, 0.25) is 17.7 Å². The summed E-state index contributed by atoms with van der Waals surface area (Å²) in [6.45, 7) is 3.55. The van der Waals surface area contributed by atoms with Crippen molar-refractivity contribution >= 4 is 17.7 Å². The van der Waals surface area contributed by atoms with Crippen LogP contribution in [0.1, 0.15) is 102 Å². The van der Waals surface area contributed by atoms with Crippen molar-refractivity contribution in [2.24, 2.45) is 5.73 Å². The van der Waals surface area contributed by atoms with E-state index in [0.29, 0.717) is 38.9 Å². The van der Waals surface area contributed by atoms with Gasteiger partial charge in [0.25, 0.3) is 0 Å². The lowest BCUT2D eigenvalue weighted by Gasteiger charge is -2.26. The number of carbonyl (C=O) groups is 3. The predicted octanol–water partition coefficient (Wildman–Crippen LogP) is 4.48. The molecule has 2 rings (SSSR count). The Balaban J connectivity index is 1.75. The first-order valence-corrected chi connectivity index (χ1v) is 14.7. The monoisotopic (exact) mass is 514 g/mol. The number of likely N-dealkylation sites (tertiary alicyclic amines) is 1. The molecule has 1 aliphatic rings. The van der Waals surface area contributed by atoms with Crippen LogP contribution in [0.2, 0.25) is 0 Å². The quantitative estimate of drug-likeness (QED) is 0.237. The molecule has 7 heteroatoms. The summed E-state index contributed by atoms with van der Waals surface area (Å²) in [4.78, 5) is 40.6. The maximum Gasteiger partial charge on any atom is 0.243 e. The lowest BCUT2D eigenvalue weighted by molar-refractivity contribution is -0.139. The number of benzene rings is 1. The number of amides is 3. The van der Waals surface area contributed by atoms with Gasteiger partial charge < -0.3 is 21.3 Å². The Morgan fingerprint density at radius 1 is 0.946 bits per heavy atom. The van der Waals surface area contributed by atoms with E-state index in [1.807, 2.05) is 30.3 Å². The minimum Gasteiger partial charge on any atom is -0.353 e. The smallest absolute Gasteiger partial charge is 0.243 e. The van der Waals surface area contributed by atoms with E-state index in [-0.39, 0.29) is 17.7 Å². The van der Waals surface area contributed by atoms with Crippen LogP contribution < -0.4 is 16.4 Å². The molecule has 1 saturated heterocycles. The van der Waals surface area contributed by atoms with Gasteiger partial charge in [-0.1, -0.05) is 101 Å². The van der Waals surface area contributed by atoms with Crippen molar-refractivity contribution in [1.29, 1.82) is 0 Å². The van der Waals surface area contributed by atoms with Gasteiger partial charge in [0.1, 0.15) is 12.1 Å². The molecule has 4 N–H and O–H groups in total. The molecule has 0 radical (unpaired) electrons. The Kier molecular flexibility index (Phi) is 15.6. The van der Waals surface area contributed by atoms with Gasteiger partial charge in [-0.25, -0.2) is 0 Å². The van der Waals surface area contributed by atoms with Crippen molar-refractivity contribution in [3.8, 4) is 0 Å². The molecular formula is C30H50N4O3. The molecule has 0 aliphatic carbocycles. The van der Waals surface area contributed by atoms with E-state index in [1.165, 1.54) is 57.8 Å². The van der Waals surface area contributed by atoms with E-state index in [4.69, 9.17) is 5.73 Å². The lowest BCUT2D eigenvalue weighted by Crippen LogP contribution is -2.54. The second-order valence-electron chi connectivity index (χ2n) is 10.4. The Bertz CT molecular complexity index is 786. The molecule has 0 bridgehead atoms. The summed E-state index contributed by atoms with van der Waals surface area (Å²) in [6.07, 6.45) is 16.0. The average molecular weight is 515 g/mol. The van der Waals surface area contributed by atoms with Crippen LogP contribution in [0.5, 0.6) is 0 Å². The number of nitrogens with one attached hydrogen (secondary N) is 2. The minimum absolute atomic E-state index is 0.0563. The number of hydrogen-bond acceptors (Lipinski definition) is 4. The Labute approximate surface area is 224 Å². The number of rotatable bonds is 19. The molecule has 0 spiro atoms. The summed E-state index contributed by atoms with van der Waals surface area (Å²) in [5.74, 6) is -0.436. The molecule has 1 heterocycles. The van der Waals surface area contributed by atoms with Crippen LogP contribution in [-0.4, -0.2) is 54.3 Å². The summed E-state index contributed by atoms with van der Waals surface area (Å²) in [5, 5.41) is 5.71. The largest absolute Gasteiger partial charge is 0.353 e. The van der Waals surface area contributed by atoms with Crippen molar-refractivity contribution in [3.63, 3.8) is 0 Å². The van der Waals surface area contributed by atoms with Crippen LogP contribution >= 0.6 is 0 Å². The molecule has 2 unspecified atom stereocenters. The van der Waals surface area contributed by atoms with E-state index < -0.39 is 12.1 Å². The summed E-state index contributed by atoms with van der Waals surface area (Å²) in [5.41, 5.74) is 6.50. The van der Waals surface area contributed by atoms with E-state index in [1.54, 1.807) is 4.90 Å². The highest BCUT2D eigenvalue weighted by Gasteiger charge is 2.35. The molecule has 37 heavy (non-hydrogen) atoms. The average Bonchev–Trinajstić information content (AvgIpc) is 3.41. The standard InChI is InChI=1S/C30H50N4O3/c1-2-3-4-5-6-7-8-9-10-11-15-20-28(35)34-23-16-19-27(34)30(37)33-26(29(36)32-22-21-31)24-25-17-13-12-14-18-25/h12-14,17-18,26-27H,2-11,15-16,19-24,31H2,1H3,(H,32,36)(H,33,37). The SMILES string of the molecule is CCCCCCCCCCCCCC(=O)N1CCCC1C(=O)NC(Cc1ccccc1)C(=O)NCCN. The molecule has 0 aromatic heterocycles. The molecular weight excluding hydrogens is 464 g/mol. The third-order valence-electron chi connectivity index (χ3n) is 7.23. The Morgan fingerprint density at radius 2 is 1.57 bits per heavy atom. The van der Waals surface area contributed by atoms with E-state index in [9.17, 15) is 14.4 Å². The molecule has 7 nitrogen and oxygen atoms in total. The van der Waals surface area contributed by atoms with Crippen LogP contribution in [0.25, 0.3) is 0 Å². The summed E-state index contributed by atoms with van der Waals surface area (Å²) >= 11 is 0. The van der Waals surface area contributed by atoms with Crippen LogP contribution in [0.3, 0.4) is 0 Å². The van der Waals surface area contributed by atoms with Gasteiger partial charge in [-0.3, -0.25) is 14.4 Å². The molecule has 0 saturated carbocycles. The van der Waals surface area contributed by atoms with E-state index in [2.05, 4.69) is 17.6 Å². The van der Waals surface area contributed by atoms with Crippen molar-refractivity contribution in [2.75, 3.05) is 19.6 Å². The number of nitrogens with zero attached hydrogens (tertiary/aromatic N) is 1. The molecule has 1 aromatic carbocycles. The molecule has 208 valence electrons. The van der Waals surface area contributed by atoms with Gasteiger partial charge in [0.15, 0.2) is 0 Å². The third-order valence-corrected chi connectivity index (χ3v) is 7.23. The van der Waals surface area contributed by atoms with Crippen molar-refractivity contribution < 1.29 is 14.4 Å².